The molecule has 0 unspecified atom stereocenters. The molecule has 2 heterocycles. The molecule has 0 saturated carbocycles. The first kappa shape index (κ1) is 18.8. The van der Waals surface area contributed by atoms with Gasteiger partial charge in [0, 0.05) is 41.8 Å². The number of carbonyl (C=O) groups excluding carboxylic acids is 2. The van der Waals surface area contributed by atoms with Gasteiger partial charge in [-0.1, -0.05) is 0 Å². The number of amides is 2. The lowest BCUT2D eigenvalue weighted by Crippen LogP contribution is -2.36. The highest BCUT2D eigenvalue weighted by Crippen LogP contribution is 2.31. The average molecular weight is 374 g/mol. The van der Waals surface area contributed by atoms with Gasteiger partial charge in [0.15, 0.2) is 0 Å². The van der Waals surface area contributed by atoms with Crippen LogP contribution in [0.4, 0.5) is 11.5 Å². The zero-order chi connectivity index (χ0) is 20.1. The standard InChI is InChI=1S/C20H18N6O2/c1-12-3-6-23-10-15(12)13-7-14-9-18(25-11-16(14)17(22)8-13)26-20(28)19(27)24-5-2-4-21/h3,6-11H,2,5,22H2,1H3,(H,24,27)(H,25,26,28). The number of aromatic nitrogens is 2. The van der Waals surface area contributed by atoms with Crippen molar-refractivity contribution in [1.29, 1.82) is 5.26 Å². The quantitative estimate of drug-likeness (QED) is 0.364. The monoisotopic (exact) mass is 374 g/mol. The first-order valence-corrected chi connectivity index (χ1v) is 8.56. The smallest absolute Gasteiger partial charge is 0.314 e. The van der Waals surface area contributed by atoms with E-state index in [0.717, 1.165) is 27.5 Å². The number of nitrogens with zero attached hydrogens (tertiary/aromatic N) is 3. The van der Waals surface area contributed by atoms with Gasteiger partial charge in [0.2, 0.25) is 0 Å². The minimum atomic E-state index is -0.850. The fourth-order valence-electron chi connectivity index (χ4n) is 2.76. The molecule has 0 aliphatic rings. The number of hydrogen-bond donors (Lipinski definition) is 3. The zero-order valence-corrected chi connectivity index (χ0v) is 15.2. The van der Waals surface area contributed by atoms with Gasteiger partial charge in [-0.15, -0.1) is 0 Å². The Balaban J connectivity index is 1.88. The molecule has 2 amide bonds. The summed E-state index contributed by atoms with van der Waals surface area (Å²) in [6.45, 7) is 2.10. The van der Waals surface area contributed by atoms with E-state index in [4.69, 9.17) is 11.0 Å². The second kappa shape index (κ2) is 8.14. The number of aryl methyl sites for hydroxylation is 1. The summed E-state index contributed by atoms with van der Waals surface area (Å²) in [5, 5.41) is 14.8. The maximum atomic E-state index is 12.0. The number of nitrogens with one attached hydrogen (secondary N) is 2. The summed E-state index contributed by atoms with van der Waals surface area (Å²) in [6, 6.07) is 9.24. The number of nitrogen functional groups attached to an aromatic ring is 1. The van der Waals surface area contributed by atoms with Gasteiger partial charge >= 0.3 is 11.8 Å². The first-order valence-electron chi connectivity index (χ1n) is 8.56. The van der Waals surface area contributed by atoms with Crippen LogP contribution in [0.15, 0.2) is 42.9 Å². The fraction of sp³-hybridized carbons (Fsp3) is 0.150. The van der Waals surface area contributed by atoms with E-state index in [1.54, 1.807) is 24.7 Å². The Bertz CT molecular complexity index is 1100. The summed E-state index contributed by atoms with van der Waals surface area (Å²) in [4.78, 5) is 32.0. The summed E-state index contributed by atoms with van der Waals surface area (Å²) in [7, 11) is 0. The van der Waals surface area contributed by atoms with E-state index < -0.39 is 11.8 Å². The van der Waals surface area contributed by atoms with Crippen molar-refractivity contribution in [1.82, 2.24) is 15.3 Å². The van der Waals surface area contributed by atoms with Crippen LogP contribution in [0.2, 0.25) is 0 Å². The van der Waals surface area contributed by atoms with Gasteiger partial charge in [0.1, 0.15) is 5.82 Å². The Morgan fingerprint density at radius 2 is 2.04 bits per heavy atom. The van der Waals surface area contributed by atoms with E-state index in [-0.39, 0.29) is 18.8 Å². The minimum Gasteiger partial charge on any atom is -0.398 e. The Kier molecular flexibility index (Phi) is 5.46. The normalized spacial score (nSPS) is 10.3. The maximum Gasteiger partial charge on any atom is 0.314 e. The Labute approximate surface area is 161 Å². The second-order valence-corrected chi connectivity index (χ2v) is 6.16. The summed E-state index contributed by atoms with van der Waals surface area (Å²) in [5.41, 5.74) is 9.64. The van der Waals surface area contributed by atoms with Gasteiger partial charge in [-0.25, -0.2) is 4.98 Å². The molecular formula is C20H18N6O2. The molecule has 0 aliphatic heterocycles. The number of rotatable bonds is 4. The Hall–Kier alpha value is -3.99. The van der Waals surface area contributed by atoms with Crippen LogP contribution in [0, 0.1) is 18.3 Å². The van der Waals surface area contributed by atoms with Crippen molar-refractivity contribution in [3.8, 4) is 17.2 Å². The van der Waals surface area contributed by atoms with E-state index in [0.29, 0.717) is 5.69 Å². The molecule has 0 bridgehead atoms. The maximum absolute atomic E-state index is 12.0. The minimum absolute atomic E-state index is 0.109. The summed E-state index contributed by atoms with van der Waals surface area (Å²) >= 11 is 0. The molecule has 2 aromatic heterocycles. The molecule has 0 aliphatic carbocycles. The van der Waals surface area contributed by atoms with E-state index in [1.165, 1.54) is 0 Å². The number of carbonyl (C=O) groups is 2. The molecule has 8 nitrogen and oxygen atoms in total. The Morgan fingerprint density at radius 1 is 1.21 bits per heavy atom. The molecule has 3 rings (SSSR count). The highest BCUT2D eigenvalue weighted by molar-refractivity contribution is 6.39. The van der Waals surface area contributed by atoms with E-state index in [2.05, 4.69) is 20.6 Å². The lowest BCUT2D eigenvalue weighted by molar-refractivity contribution is -0.136. The van der Waals surface area contributed by atoms with Crippen LogP contribution in [0.5, 0.6) is 0 Å². The summed E-state index contributed by atoms with van der Waals surface area (Å²) in [5.74, 6) is -1.44. The lowest BCUT2D eigenvalue weighted by atomic mass is 9.99. The van der Waals surface area contributed by atoms with Gasteiger partial charge in [-0.05, 0) is 47.7 Å². The number of nitriles is 1. The zero-order valence-electron chi connectivity index (χ0n) is 15.2. The van der Waals surface area contributed by atoms with Crippen molar-refractivity contribution >= 4 is 34.1 Å². The number of hydrogen-bond acceptors (Lipinski definition) is 6. The predicted molar refractivity (Wildman–Crippen MR) is 106 cm³/mol. The van der Waals surface area contributed by atoms with Crippen molar-refractivity contribution in [2.45, 2.75) is 13.3 Å². The number of fused-ring (bicyclic) bond motifs is 1. The summed E-state index contributed by atoms with van der Waals surface area (Å²) in [6.07, 6.45) is 5.17. The van der Waals surface area contributed by atoms with Crippen molar-refractivity contribution in [3.63, 3.8) is 0 Å². The molecule has 0 radical (unpaired) electrons. The van der Waals surface area contributed by atoms with Gasteiger partial charge in [-0.2, -0.15) is 5.26 Å². The van der Waals surface area contributed by atoms with Crippen LogP contribution in [0.25, 0.3) is 21.9 Å². The van der Waals surface area contributed by atoms with Crippen LogP contribution in [0.3, 0.4) is 0 Å². The molecule has 140 valence electrons. The molecule has 1 aromatic carbocycles. The second-order valence-electron chi connectivity index (χ2n) is 6.16. The molecule has 3 aromatic rings. The molecule has 28 heavy (non-hydrogen) atoms. The molecule has 0 spiro atoms. The molecule has 8 heteroatoms. The van der Waals surface area contributed by atoms with E-state index in [9.17, 15) is 9.59 Å². The Morgan fingerprint density at radius 3 is 2.79 bits per heavy atom. The topological polar surface area (TPSA) is 134 Å². The van der Waals surface area contributed by atoms with Gasteiger partial charge in [-0.3, -0.25) is 14.6 Å². The average Bonchev–Trinajstić information content (AvgIpc) is 2.68. The van der Waals surface area contributed by atoms with Gasteiger partial charge in [0.25, 0.3) is 0 Å². The van der Waals surface area contributed by atoms with Crippen LogP contribution in [-0.4, -0.2) is 28.3 Å². The van der Waals surface area contributed by atoms with E-state index >= 15 is 0 Å². The highest BCUT2D eigenvalue weighted by atomic mass is 16.2. The number of nitrogens with two attached hydrogens (primary N) is 1. The summed E-state index contributed by atoms with van der Waals surface area (Å²) < 4.78 is 0. The van der Waals surface area contributed by atoms with Crippen molar-refractivity contribution < 1.29 is 9.59 Å². The van der Waals surface area contributed by atoms with E-state index in [1.807, 2.05) is 31.2 Å². The van der Waals surface area contributed by atoms with Crippen LogP contribution < -0.4 is 16.4 Å². The number of pyridine rings is 2. The SMILES string of the molecule is Cc1ccncc1-c1cc(N)c2cnc(NC(=O)C(=O)NCCC#N)cc2c1. The molecule has 0 atom stereocenters. The molecular weight excluding hydrogens is 356 g/mol. The predicted octanol–water partition coefficient (Wildman–Crippen LogP) is 2.16. The third-order valence-electron chi connectivity index (χ3n) is 4.19. The first-order chi connectivity index (χ1) is 13.5. The highest BCUT2D eigenvalue weighted by Gasteiger charge is 2.14. The van der Waals surface area contributed by atoms with Crippen LogP contribution >= 0.6 is 0 Å². The third kappa shape index (κ3) is 4.04. The van der Waals surface area contributed by atoms with Crippen molar-refractivity contribution in [2.24, 2.45) is 0 Å². The molecule has 4 N–H and O–H groups in total. The molecule has 0 saturated heterocycles. The van der Waals surface area contributed by atoms with Gasteiger partial charge < -0.3 is 16.4 Å². The lowest BCUT2D eigenvalue weighted by Gasteiger charge is -2.11. The van der Waals surface area contributed by atoms with Gasteiger partial charge in [0.05, 0.1) is 12.5 Å². The fourth-order valence-corrected chi connectivity index (χ4v) is 2.76. The molecule has 0 fully saturated rings. The van der Waals surface area contributed by atoms with Crippen LogP contribution in [-0.2, 0) is 9.59 Å². The van der Waals surface area contributed by atoms with Crippen LogP contribution in [0.1, 0.15) is 12.0 Å². The number of benzene rings is 1. The van der Waals surface area contributed by atoms with Crippen molar-refractivity contribution in [2.75, 3.05) is 17.6 Å². The largest absolute Gasteiger partial charge is 0.398 e. The third-order valence-corrected chi connectivity index (χ3v) is 4.19. The van der Waals surface area contributed by atoms with Crippen molar-refractivity contribution in [3.05, 3.63) is 48.4 Å². The number of anilines is 2.